The molecule has 0 aliphatic carbocycles. The number of carbonyl (C=O) groups excluding carboxylic acids is 1. The number of rotatable bonds is 7. The molecule has 0 atom stereocenters. The van der Waals surface area contributed by atoms with Crippen molar-refractivity contribution in [1.29, 1.82) is 0 Å². The molecule has 0 saturated carbocycles. The fourth-order valence-electron chi connectivity index (χ4n) is 2.55. The number of aromatic nitrogens is 2. The molecule has 0 unspecified atom stereocenters. The summed E-state index contributed by atoms with van der Waals surface area (Å²) in [6, 6.07) is 11.1. The van der Waals surface area contributed by atoms with E-state index in [9.17, 15) is 4.79 Å². The Morgan fingerprint density at radius 1 is 1.31 bits per heavy atom. The van der Waals surface area contributed by atoms with Gasteiger partial charge in [-0.3, -0.25) is 4.79 Å². The minimum atomic E-state index is -0.216. The summed E-state index contributed by atoms with van der Waals surface area (Å²) in [6.45, 7) is 2.91. The first-order valence-corrected chi connectivity index (χ1v) is 9.13. The van der Waals surface area contributed by atoms with Crippen LogP contribution in [-0.2, 0) is 6.54 Å². The number of aromatic amines is 1. The molecule has 1 heterocycles. The molecular formula is C19H20BrN3O3. The van der Waals surface area contributed by atoms with E-state index < -0.39 is 0 Å². The Labute approximate surface area is 160 Å². The molecule has 3 aromatic rings. The Kier molecular flexibility index (Phi) is 5.78. The highest BCUT2D eigenvalue weighted by atomic mass is 79.9. The van der Waals surface area contributed by atoms with Gasteiger partial charge in [0, 0.05) is 5.56 Å². The van der Waals surface area contributed by atoms with Crippen LogP contribution in [0.4, 0.5) is 0 Å². The number of benzene rings is 2. The van der Waals surface area contributed by atoms with Gasteiger partial charge >= 0.3 is 0 Å². The summed E-state index contributed by atoms with van der Waals surface area (Å²) >= 11 is 3.45. The van der Waals surface area contributed by atoms with E-state index in [-0.39, 0.29) is 5.91 Å². The van der Waals surface area contributed by atoms with E-state index in [1.165, 1.54) is 0 Å². The normalized spacial score (nSPS) is 10.7. The molecule has 0 aliphatic heterocycles. The molecule has 3 rings (SSSR count). The van der Waals surface area contributed by atoms with Crippen LogP contribution in [0, 0.1) is 0 Å². The number of carbonyl (C=O) groups is 1. The zero-order chi connectivity index (χ0) is 18.5. The number of nitrogens with zero attached hydrogens (tertiary/aromatic N) is 1. The number of amides is 1. The number of imidazole rings is 1. The zero-order valence-electron chi connectivity index (χ0n) is 14.6. The van der Waals surface area contributed by atoms with Crippen molar-refractivity contribution >= 4 is 32.9 Å². The molecule has 136 valence electrons. The van der Waals surface area contributed by atoms with Crippen LogP contribution in [0.25, 0.3) is 11.0 Å². The SMILES string of the molecule is CCCOc1c(Br)cc(C(=O)NCc2nc3ccccc3[nH]2)cc1OC. The maximum Gasteiger partial charge on any atom is 0.251 e. The van der Waals surface area contributed by atoms with Gasteiger partial charge in [0.05, 0.1) is 35.8 Å². The standard InChI is InChI=1S/C19H20BrN3O3/c1-3-8-26-18-13(20)9-12(10-16(18)25-2)19(24)21-11-17-22-14-6-4-5-7-15(14)23-17/h4-7,9-10H,3,8,11H2,1-2H3,(H,21,24)(H,22,23). The number of fused-ring (bicyclic) bond motifs is 1. The minimum Gasteiger partial charge on any atom is -0.493 e. The summed E-state index contributed by atoms with van der Waals surface area (Å²) in [5.74, 6) is 1.60. The van der Waals surface area contributed by atoms with E-state index in [4.69, 9.17) is 9.47 Å². The van der Waals surface area contributed by atoms with Crippen molar-refractivity contribution < 1.29 is 14.3 Å². The topological polar surface area (TPSA) is 76.2 Å². The third-order valence-corrected chi connectivity index (χ3v) is 4.39. The van der Waals surface area contributed by atoms with Gasteiger partial charge in [-0.05, 0) is 46.6 Å². The maximum absolute atomic E-state index is 12.5. The van der Waals surface area contributed by atoms with E-state index in [1.54, 1.807) is 19.2 Å². The van der Waals surface area contributed by atoms with Crippen LogP contribution in [0.5, 0.6) is 11.5 Å². The molecule has 0 saturated heterocycles. The predicted octanol–water partition coefficient (Wildman–Crippen LogP) is 4.05. The molecular weight excluding hydrogens is 398 g/mol. The zero-order valence-corrected chi connectivity index (χ0v) is 16.2. The number of para-hydroxylation sites is 2. The second-order valence-electron chi connectivity index (χ2n) is 5.72. The van der Waals surface area contributed by atoms with Gasteiger partial charge in [0.1, 0.15) is 5.82 Å². The van der Waals surface area contributed by atoms with Crippen LogP contribution in [0.15, 0.2) is 40.9 Å². The average molecular weight is 418 g/mol. The van der Waals surface area contributed by atoms with Gasteiger partial charge in [-0.1, -0.05) is 19.1 Å². The fourth-order valence-corrected chi connectivity index (χ4v) is 3.11. The van der Waals surface area contributed by atoms with Gasteiger partial charge in [-0.2, -0.15) is 0 Å². The van der Waals surface area contributed by atoms with Gasteiger partial charge in [0.15, 0.2) is 11.5 Å². The number of hydrogen-bond donors (Lipinski definition) is 2. The summed E-state index contributed by atoms with van der Waals surface area (Å²) in [5.41, 5.74) is 2.30. The molecule has 6 nitrogen and oxygen atoms in total. The van der Waals surface area contributed by atoms with Gasteiger partial charge in [0.25, 0.3) is 5.91 Å². The monoisotopic (exact) mass is 417 g/mol. The summed E-state index contributed by atoms with van der Waals surface area (Å²) < 4.78 is 11.7. The highest BCUT2D eigenvalue weighted by molar-refractivity contribution is 9.10. The summed E-state index contributed by atoms with van der Waals surface area (Å²) in [6.07, 6.45) is 0.884. The van der Waals surface area contributed by atoms with Crippen molar-refractivity contribution in [3.8, 4) is 11.5 Å². The van der Waals surface area contributed by atoms with E-state index in [1.807, 2.05) is 31.2 Å². The van der Waals surface area contributed by atoms with Crippen molar-refractivity contribution in [3.63, 3.8) is 0 Å². The van der Waals surface area contributed by atoms with Crippen molar-refractivity contribution in [2.24, 2.45) is 0 Å². The number of H-pyrrole nitrogens is 1. The minimum absolute atomic E-state index is 0.216. The molecule has 0 aliphatic rings. The van der Waals surface area contributed by atoms with Gasteiger partial charge in [0.2, 0.25) is 0 Å². The molecule has 1 aromatic heterocycles. The smallest absolute Gasteiger partial charge is 0.251 e. The molecule has 0 bridgehead atoms. The van der Waals surface area contributed by atoms with Crippen LogP contribution in [0.2, 0.25) is 0 Å². The van der Waals surface area contributed by atoms with Crippen LogP contribution >= 0.6 is 15.9 Å². The summed E-state index contributed by atoms with van der Waals surface area (Å²) in [4.78, 5) is 20.2. The van der Waals surface area contributed by atoms with Crippen molar-refractivity contribution in [1.82, 2.24) is 15.3 Å². The number of nitrogens with one attached hydrogen (secondary N) is 2. The second-order valence-corrected chi connectivity index (χ2v) is 6.58. The van der Waals surface area contributed by atoms with Gasteiger partial charge in [-0.25, -0.2) is 4.98 Å². The van der Waals surface area contributed by atoms with E-state index in [0.717, 1.165) is 17.5 Å². The first-order valence-electron chi connectivity index (χ1n) is 8.34. The Balaban J connectivity index is 1.73. The Morgan fingerprint density at radius 3 is 2.85 bits per heavy atom. The van der Waals surface area contributed by atoms with Crippen LogP contribution in [0.1, 0.15) is 29.5 Å². The maximum atomic E-state index is 12.5. The molecule has 26 heavy (non-hydrogen) atoms. The largest absolute Gasteiger partial charge is 0.493 e. The summed E-state index contributed by atoms with van der Waals surface area (Å²) in [5, 5.41) is 2.87. The van der Waals surface area contributed by atoms with E-state index in [0.29, 0.717) is 40.5 Å². The lowest BCUT2D eigenvalue weighted by atomic mass is 10.2. The quantitative estimate of drug-likeness (QED) is 0.607. The predicted molar refractivity (Wildman–Crippen MR) is 104 cm³/mol. The van der Waals surface area contributed by atoms with Crippen molar-refractivity contribution in [3.05, 3.63) is 52.3 Å². The number of ether oxygens (including phenoxy) is 2. The molecule has 7 heteroatoms. The molecule has 1 amide bonds. The van der Waals surface area contributed by atoms with Gasteiger partial charge in [-0.15, -0.1) is 0 Å². The fraction of sp³-hybridized carbons (Fsp3) is 0.263. The number of methoxy groups -OCH3 is 1. The van der Waals surface area contributed by atoms with E-state index >= 15 is 0 Å². The summed E-state index contributed by atoms with van der Waals surface area (Å²) in [7, 11) is 1.55. The Hall–Kier alpha value is -2.54. The molecule has 2 aromatic carbocycles. The number of halogens is 1. The lowest BCUT2D eigenvalue weighted by Gasteiger charge is -2.14. The molecule has 0 spiro atoms. The molecule has 2 N–H and O–H groups in total. The highest BCUT2D eigenvalue weighted by Gasteiger charge is 2.16. The highest BCUT2D eigenvalue weighted by Crippen LogP contribution is 2.36. The lowest BCUT2D eigenvalue weighted by molar-refractivity contribution is 0.0949. The van der Waals surface area contributed by atoms with Crippen molar-refractivity contribution in [2.45, 2.75) is 19.9 Å². The third-order valence-electron chi connectivity index (χ3n) is 3.80. The first kappa shape index (κ1) is 18.3. The first-order chi connectivity index (χ1) is 12.6. The van der Waals surface area contributed by atoms with E-state index in [2.05, 4.69) is 31.2 Å². The second kappa shape index (κ2) is 8.23. The van der Waals surface area contributed by atoms with Crippen LogP contribution in [0.3, 0.4) is 0 Å². The number of hydrogen-bond acceptors (Lipinski definition) is 4. The average Bonchev–Trinajstić information content (AvgIpc) is 3.07. The Morgan fingerprint density at radius 2 is 2.12 bits per heavy atom. The molecule has 0 radical (unpaired) electrons. The van der Waals surface area contributed by atoms with Crippen molar-refractivity contribution in [2.75, 3.05) is 13.7 Å². The van der Waals surface area contributed by atoms with Gasteiger partial charge < -0.3 is 19.8 Å². The lowest BCUT2D eigenvalue weighted by Crippen LogP contribution is -2.23. The Bertz CT molecular complexity index is 891. The third kappa shape index (κ3) is 3.99. The molecule has 0 fully saturated rings. The van der Waals surface area contributed by atoms with Crippen LogP contribution < -0.4 is 14.8 Å². The van der Waals surface area contributed by atoms with Crippen LogP contribution in [-0.4, -0.2) is 29.6 Å².